The maximum Gasteiger partial charge on any atom is 0.268 e. The highest BCUT2D eigenvalue weighted by Gasteiger charge is 2.20. The molecule has 0 aliphatic heterocycles. The number of rotatable bonds is 5. The molecular weight excluding hydrogens is 368 g/mol. The van der Waals surface area contributed by atoms with Crippen molar-refractivity contribution in [3.63, 3.8) is 0 Å². The zero-order chi connectivity index (χ0) is 17.3. The van der Waals surface area contributed by atoms with Crippen molar-refractivity contribution in [1.29, 1.82) is 0 Å². The van der Waals surface area contributed by atoms with Crippen molar-refractivity contribution in [2.45, 2.75) is 39.9 Å². The third kappa shape index (κ3) is 2.98. The summed E-state index contributed by atoms with van der Waals surface area (Å²) in [5.74, 6) is 0.783. The van der Waals surface area contributed by atoms with Crippen LogP contribution in [0.1, 0.15) is 43.1 Å². The molecule has 1 unspecified atom stereocenters. The minimum absolute atomic E-state index is 0.0928. The molecule has 3 rings (SSSR count). The van der Waals surface area contributed by atoms with Gasteiger partial charge in [0.15, 0.2) is 0 Å². The van der Waals surface area contributed by atoms with Crippen LogP contribution in [0.2, 0.25) is 0 Å². The molecule has 6 heteroatoms. The number of imidazole rings is 1. The first-order chi connectivity index (χ1) is 11.5. The third-order valence-electron chi connectivity index (χ3n) is 4.17. The van der Waals surface area contributed by atoms with Crippen molar-refractivity contribution in [3.05, 3.63) is 52.5 Å². The van der Waals surface area contributed by atoms with E-state index >= 15 is 0 Å². The topological polar surface area (TPSA) is 51.9 Å². The number of hydrogen-bond acceptors (Lipinski definition) is 2. The number of amides is 1. The molecule has 0 aliphatic carbocycles. The largest absolute Gasteiger partial charge is 0.343 e. The monoisotopic (exact) mass is 388 g/mol. The second kappa shape index (κ2) is 6.81. The molecule has 0 aliphatic rings. The smallest absolute Gasteiger partial charge is 0.268 e. The van der Waals surface area contributed by atoms with E-state index < -0.39 is 0 Å². The second-order valence-electron chi connectivity index (χ2n) is 5.73. The van der Waals surface area contributed by atoms with Gasteiger partial charge in [0.2, 0.25) is 0 Å². The number of fused-ring (bicyclic) bond motifs is 1. The number of benzene rings is 1. The average Bonchev–Trinajstić information content (AvgIpc) is 3.14. The fourth-order valence-electron chi connectivity index (χ4n) is 3.02. The van der Waals surface area contributed by atoms with Crippen LogP contribution >= 0.6 is 15.9 Å². The van der Waals surface area contributed by atoms with Gasteiger partial charge in [0.1, 0.15) is 11.5 Å². The van der Waals surface area contributed by atoms with E-state index in [0.717, 1.165) is 34.4 Å². The van der Waals surface area contributed by atoms with Crippen LogP contribution in [0.5, 0.6) is 0 Å². The summed E-state index contributed by atoms with van der Waals surface area (Å²) in [5.41, 5.74) is 2.70. The molecule has 0 bridgehead atoms. The number of aryl methyl sites for hydroxylation is 2. The maximum absolute atomic E-state index is 12.6. The van der Waals surface area contributed by atoms with Crippen LogP contribution in [0.15, 0.2) is 41.0 Å². The standard InChI is InChI=1S/C18H21BrN4O/c1-4-22-11-13(19)10-16(22)18(24)20-12(3)17-21-14-8-6-7-9-15(14)23(17)5-2/h6-12H,4-5H2,1-3H3,(H,20,24). The van der Waals surface area contributed by atoms with Crippen molar-refractivity contribution in [2.24, 2.45) is 0 Å². The molecule has 0 saturated heterocycles. The van der Waals surface area contributed by atoms with Gasteiger partial charge in [-0.05, 0) is 54.9 Å². The van der Waals surface area contributed by atoms with Crippen LogP contribution in [0.3, 0.4) is 0 Å². The summed E-state index contributed by atoms with van der Waals surface area (Å²) in [6, 6.07) is 9.71. The fourth-order valence-corrected chi connectivity index (χ4v) is 3.48. The van der Waals surface area contributed by atoms with Crippen LogP contribution in [0.4, 0.5) is 0 Å². The fraction of sp³-hybridized carbons (Fsp3) is 0.333. The minimum Gasteiger partial charge on any atom is -0.343 e. The van der Waals surface area contributed by atoms with Crippen molar-refractivity contribution in [2.75, 3.05) is 0 Å². The van der Waals surface area contributed by atoms with Crippen LogP contribution in [0, 0.1) is 0 Å². The zero-order valence-electron chi connectivity index (χ0n) is 14.1. The second-order valence-corrected chi connectivity index (χ2v) is 6.64. The predicted molar refractivity (Wildman–Crippen MR) is 99.1 cm³/mol. The Kier molecular flexibility index (Phi) is 4.76. The summed E-state index contributed by atoms with van der Waals surface area (Å²) in [5, 5.41) is 3.07. The van der Waals surface area contributed by atoms with Gasteiger partial charge in [-0.3, -0.25) is 4.79 Å². The lowest BCUT2D eigenvalue weighted by atomic mass is 10.3. The Labute approximate surface area is 149 Å². The summed E-state index contributed by atoms with van der Waals surface area (Å²) >= 11 is 3.43. The van der Waals surface area contributed by atoms with E-state index in [1.54, 1.807) is 0 Å². The van der Waals surface area contributed by atoms with E-state index in [1.165, 1.54) is 0 Å². The van der Waals surface area contributed by atoms with Crippen molar-refractivity contribution in [3.8, 4) is 0 Å². The number of carbonyl (C=O) groups excluding carboxylic acids is 1. The number of aromatic nitrogens is 3. The third-order valence-corrected chi connectivity index (χ3v) is 4.61. The molecule has 0 radical (unpaired) electrons. The summed E-state index contributed by atoms with van der Waals surface area (Å²) < 4.78 is 4.98. The number of para-hydroxylation sites is 2. The minimum atomic E-state index is -0.177. The van der Waals surface area contributed by atoms with Crippen molar-refractivity contribution >= 4 is 32.9 Å². The molecule has 1 amide bonds. The van der Waals surface area contributed by atoms with E-state index in [9.17, 15) is 4.79 Å². The zero-order valence-corrected chi connectivity index (χ0v) is 15.7. The summed E-state index contributed by atoms with van der Waals surface area (Å²) in [6.07, 6.45) is 1.92. The summed E-state index contributed by atoms with van der Waals surface area (Å²) in [4.78, 5) is 17.4. The summed E-state index contributed by atoms with van der Waals surface area (Å²) in [6.45, 7) is 7.64. The summed E-state index contributed by atoms with van der Waals surface area (Å²) in [7, 11) is 0. The van der Waals surface area contributed by atoms with Gasteiger partial charge in [0.25, 0.3) is 5.91 Å². The maximum atomic E-state index is 12.6. The highest BCUT2D eigenvalue weighted by molar-refractivity contribution is 9.10. The first-order valence-electron chi connectivity index (χ1n) is 8.16. The molecule has 24 heavy (non-hydrogen) atoms. The number of carbonyl (C=O) groups is 1. The lowest BCUT2D eigenvalue weighted by molar-refractivity contribution is 0.0928. The Morgan fingerprint density at radius 1 is 1.29 bits per heavy atom. The van der Waals surface area contributed by atoms with E-state index in [1.807, 2.05) is 48.9 Å². The van der Waals surface area contributed by atoms with Gasteiger partial charge in [-0.25, -0.2) is 4.98 Å². The molecule has 3 aromatic rings. The molecule has 2 aromatic heterocycles. The Morgan fingerprint density at radius 2 is 2.04 bits per heavy atom. The highest BCUT2D eigenvalue weighted by Crippen LogP contribution is 2.21. The first-order valence-corrected chi connectivity index (χ1v) is 8.96. The lowest BCUT2D eigenvalue weighted by Crippen LogP contribution is -2.30. The van der Waals surface area contributed by atoms with E-state index in [0.29, 0.717) is 5.69 Å². The Hall–Kier alpha value is -2.08. The van der Waals surface area contributed by atoms with E-state index in [2.05, 4.69) is 38.8 Å². The van der Waals surface area contributed by atoms with Crippen molar-refractivity contribution in [1.82, 2.24) is 19.4 Å². The molecule has 2 heterocycles. The molecule has 5 nitrogen and oxygen atoms in total. The van der Waals surface area contributed by atoms with E-state index in [4.69, 9.17) is 4.98 Å². The Morgan fingerprint density at radius 3 is 2.75 bits per heavy atom. The number of halogens is 1. The number of nitrogens with zero attached hydrogens (tertiary/aromatic N) is 3. The SMILES string of the molecule is CCn1cc(Br)cc1C(=O)NC(C)c1nc2ccccc2n1CC. The average molecular weight is 389 g/mol. The van der Waals surface area contributed by atoms with Gasteiger partial charge in [-0.2, -0.15) is 0 Å². The molecule has 0 fully saturated rings. The normalized spacial score (nSPS) is 12.5. The number of hydrogen-bond donors (Lipinski definition) is 1. The molecule has 0 spiro atoms. The van der Waals surface area contributed by atoms with Crippen LogP contribution in [0.25, 0.3) is 11.0 Å². The van der Waals surface area contributed by atoms with Gasteiger partial charge in [-0.15, -0.1) is 0 Å². The van der Waals surface area contributed by atoms with Crippen LogP contribution in [-0.2, 0) is 13.1 Å². The van der Waals surface area contributed by atoms with Gasteiger partial charge in [0.05, 0.1) is 17.1 Å². The molecule has 126 valence electrons. The Bertz CT molecular complexity index is 880. The molecular formula is C18H21BrN4O. The highest BCUT2D eigenvalue weighted by atomic mass is 79.9. The molecule has 1 atom stereocenters. The van der Waals surface area contributed by atoms with Crippen molar-refractivity contribution < 1.29 is 4.79 Å². The number of nitrogens with one attached hydrogen (secondary N) is 1. The van der Waals surface area contributed by atoms with E-state index in [-0.39, 0.29) is 11.9 Å². The first kappa shape index (κ1) is 16.8. The quantitative estimate of drug-likeness (QED) is 0.714. The molecule has 0 saturated carbocycles. The van der Waals surface area contributed by atoms with Crippen LogP contribution in [-0.4, -0.2) is 20.0 Å². The molecule has 1 aromatic carbocycles. The predicted octanol–water partition coefficient (Wildman–Crippen LogP) is 4.13. The van der Waals surface area contributed by atoms with Gasteiger partial charge in [-0.1, -0.05) is 12.1 Å². The van der Waals surface area contributed by atoms with Gasteiger partial charge >= 0.3 is 0 Å². The van der Waals surface area contributed by atoms with Crippen LogP contribution < -0.4 is 5.32 Å². The Balaban J connectivity index is 1.89. The lowest BCUT2D eigenvalue weighted by Gasteiger charge is -2.16. The van der Waals surface area contributed by atoms with Gasteiger partial charge in [0, 0.05) is 23.8 Å². The molecule has 1 N–H and O–H groups in total. The van der Waals surface area contributed by atoms with Gasteiger partial charge < -0.3 is 14.5 Å².